The number of fused-ring (bicyclic) bond motifs is 1. The number of rotatable bonds is 28. The Kier molecular flexibility index (Phi) is 21.0. The Labute approximate surface area is 494 Å². The summed E-state index contributed by atoms with van der Waals surface area (Å²) in [5, 5.41) is 32.0. The molecule has 1 saturated heterocycles. The summed E-state index contributed by atoms with van der Waals surface area (Å²) < 4.78 is 36.4. The van der Waals surface area contributed by atoms with Crippen molar-refractivity contribution in [3.05, 3.63) is 128 Å². The minimum atomic E-state index is -0.923. The second kappa shape index (κ2) is 28.9. The molecule has 3 aromatic heterocycles. The number of ether oxygens (including phenoxy) is 6. The van der Waals surface area contributed by atoms with Crippen LogP contribution < -0.4 is 25.1 Å². The predicted molar refractivity (Wildman–Crippen MR) is 308 cm³/mol. The lowest BCUT2D eigenvalue weighted by Crippen LogP contribution is -2.55. The number of nitrogens with zero attached hydrogens (tertiary/aromatic N) is 10. The first-order chi connectivity index (χ1) is 40.2. The zero-order chi connectivity index (χ0) is 58.4. The van der Waals surface area contributed by atoms with Crippen LogP contribution in [0.1, 0.15) is 70.4 Å². The average Bonchev–Trinajstić information content (AvgIpc) is 3.35. The fourth-order valence-corrected chi connectivity index (χ4v) is 10.8. The lowest BCUT2D eigenvalue weighted by Gasteiger charge is -2.35. The van der Waals surface area contributed by atoms with E-state index in [1.807, 2.05) is 64.1 Å². The first kappa shape index (κ1) is 60.4. The SMILES string of the molecule is Cc1ncsc1-c1ccc(CNC(=O)[C@@H]2C[C@@H](O)CN2C(=O)[C@H](C(C)C)N2Cc3ccccc3C2=O)c(OCCOCCOCCOCCOCCn2cc(COc3ncc(C(=O)NC4=NN(c5ccc(Cl)c(Cl)c5)CC4C)cn3)nn2)c1. The van der Waals surface area contributed by atoms with Crippen LogP contribution in [0.15, 0.2) is 89.9 Å². The Bertz CT molecular complexity index is 3240. The molecule has 3 aliphatic rings. The number of aromatic nitrogens is 6. The molecule has 0 saturated carbocycles. The van der Waals surface area contributed by atoms with Crippen LogP contribution in [0.5, 0.6) is 11.8 Å². The number of thiazole rings is 1. The van der Waals surface area contributed by atoms with Gasteiger partial charge in [-0.2, -0.15) is 5.10 Å². The van der Waals surface area contributed by atoms with E-state index < -0.39 is 30.0 Å². The van der Waals surface area contributed by atoms with Gasteiger partial charge in [-0.25, -0.2) is 19.6 Å². The van der Waals surface area contributed by atoms with Gasteiger partial charge in [0, 0.05) is 55.5 Å². The van der Waals surface area contributed by atoms with E-state index in [0.717, 1.165) is 27.4 Å². The topological polar surface area (TPSA) is 259 Å². The summed E-state index contributed by atoms with van der Waals surface area (Å²) in [6.45, 7) is 12.3. The van der Waals surface area contributed by atoms with E-state index in [9.17, 15) is 24.3 Å². The third-order valence-corrected chi connectivity index (χ3v) is 15.7. The molecule has 0 bridgehead atoms. The quantitative estimate of drug-likeness (QED) is 0.0477. The van der Waals surface area contributed by atoms with Gasteiger partial charge in [0.15, 0.2) is 0 Å². The zero-order valence-corrected chi connectivity index (χ0v) is 48.8. The number of aliphatic hydroxyl groups excluding tert-OH is 1. The molecule has 4 atom stereocenters. The molecule has 0 aliphatic carbocycles. The first-order valence-corrected chi connectivity index (χ1v) is 28.9. The van der Waals surface area contributed by atoms with Gasteiger partial charge in [-0.3, -0.25) is 24.2 Å². The minimum absolute atomic E-state index is 0.0113. The van der Waals surface area contributed by atoms with Crippen LogP contribution in [-0.2, 0) is 54.8 Å². The van der Waals surface area contributed by atoms with E-state index in [1.54, 1.807) is 50.6 Å². The van der Waals surface area contributed by atoms with Crippen molar-refractivity contribution in [2.45, 2.75) is 78.5 Å². The van der Waals surface area contributed by atoms with E-state index in [4.69, 9.17) is 51.6 Å². The number of amides is 4. The fourth-order valence-electron chi connectivity index (χ4n) is 9.66. The third-order valence-electron chi connectivity index (χ3n) is 13.9. The number of anilines is 1. The number of hydrazone groups is 1. The average molecular weight is 1200 g/mol. The summed E-state index contributed by atoms with van der Waals surface area (Å²) in [5.74, 6) is -0.622. The van der Waals surface area contributed by atoms with Gasteiger partial charge < -0.3 is 54.0 Å². The number of aryl methyl sites for hydroxylation is 1. The van der Waals surface area contributed by atoms with Crippen molar-refractivity contribution in [2.75, 3.05) is 77.6 Å². The highest BCUT2D eigenvalue weighted by atomic mass is 35.5. The van der Waals surface area contributed by atoms with Gasteiger partial charge in [-0.1, -0.05) is 79.5 Å². The van der Waals surface area contributed by atoms with Gasteiger partial charge in [0.25, 0.3) is 11.8 Å². The van der Waals surface area contributed by atoms with Gasteiger partial charge in [-0.15, -0.1) is 16.4 Å². The van der Waals surface area contributed by atoms with Crippen LogP contribution >= 0.6 is 34.5 Å². The summed E-state index contributed by atoms with van der Waals surface area (Å²) in [6.07, 6.45) is 3.68. The van der Waals surface area contributed by atoms with E-state index in [2.05, 4.69) is 41.0 Å². The Morgan fingerprint density at radius 2 is 1.58 bits per heavy atom. The van der Waals surface area contributed by atoms with Crippen LogP contribution in [0, 0.1) is 18.8 Å². The number of hydrogen-bond donors (Lipinski definition) is 3. The van der Waals surface area contributed by atoms with Crippen molar-refractivity contribution in [3.63, 3.8) is 0 Å². The summed E-state index contributed by atoms with van der Waals surface area (Å²) in [5.41, 5.74) is 7.29. The normalized spacial score (nSPS) is 17.1. The predicted octanol–water partition coefficient (Wildman–Crippen LogP) is 5.99. The van der Waals surface area contributed by atoms with Gasteiger partial charge in [0.05, 0.1) is 116 Å². The Balaban J connectivity index is 0.625. The lowest BCUT2D eigenvalue weighted by molar-refractivity contribution is -0.143. The summed E-state index contributed by atoms with van der Waals surface area (Å²) in [6, 6.07) is 16.7. The number of carbonyl (C=O) groups is 4. The van der Waals surface area contributed by atoms with Crippen molar-refractivity contribution in [1.82, 2.24) is 50.4 Å². The molecule has 440 valence electrons. The van der Waals surface area contributed by atoms with E-state index in [0.29, 0.717) is 104 Å². The molecule has 3 aliphatic heterocycles. The summed E-state index contributed by atoms with van der Waals surface area (Å²) >= 11 is 13.7. The summed E-state index contributed by atoms with van der Waals surface area (Å²) in [7, 11) is 0. The van der Waals surface area contributed by atoms with Crippen molar-refractivity contribution >= 4 is 69.7 Å². The number of likely N-dealkylation sites (tertiary alicyclic amines) is 1. The van der Waals surface area contributed by atoms with E-state index >= 15 is 0 Å². The standard InChI is InChI=1S/C57H66Cl2N12O11S/c1-35(2)50(70-30-40-7-5-6-8-45(40)55(70)75)56(76)69-32-44(72)25-48(69)54(74)60-26-39-10-9-38(51-37(4)63-34-83-51)23-49(39)81-22-21-80-20-19-79-18-17-78-16-15-77-14-13-68-31-42(65-67-68)33-82-57-61-27-41(28-62-57)53(73)64-52-36(3)29-71(66-52)43-11-12-46(58)47(59)24-43/h5-12,23-24,27-28,31,34-36,44,48,50,72H,13-22,25-26,29-30,32-33H2,1-4H3,(H,60,74)(H,64,66,73)/t36?,44-,48+,50+/m1/s1. The number of benzene rings is 3. The molecule has 6 heterocycles. The molecule has 4 amide bonds. The number of carbonyl (C=O) groups excluding carboxylic acids is 4. The van der Waals surface area contributed by atoms with Gasteiger partial charge in [0.2, 0.25) is 11.8 Å². The maximum atomic E-state index is 14.3. The van der Waals surface area contributed by atoms with Gasteiger partial charge in [0.1, 0.15) is 42.6 Å². The molecule has 6 aromatic rings. The smallest absolute Gasteiger partial charge is 0.316 e. The molecule has 26 heteroatoms. The maximum absolute atomic E-state index is 14.3. The van der Waals surface area contributed by atoms with E-state index in [-0.39, 0.29) is 74.6 Å². The highest BCUT2D eigenvalue weighted by molar-refractivity contribution is 7.13. The molecular formula is C57H66Cl2N12O11S. The highest BCUT2D eigenvalue weighted by Gasteiger charge is 2.46. The van der Waals surface area contributed by atoms with Crippen LogP contribution in [0.25, 0.3) is 10.4 Å². The molecule has 83 heavy (non-hydrogen) atoms. The fraction of sp³-hybridized carbons (Fsp3) is 0.439. The molecule has 0 radical (unpaired) electrons. The molecule has 0 spiro atoms. The number of β-amino-alcohol motifs (C(OH)–C–C–N with tert-alkyl or cyclic N) is 1. The Morgan fingerprint density at radius 1 is 0.855 bits per heavy atom. The second-order valence-corrected chi connectivity index (χ2v) is 22.0. The zero-order valence-electron chi connectivity index (χ0n) is 46.4. The van der Waals surface area contributed by atoms with Gasteiger partial charge >= 0.3 is 6.01 Å². The molecular weight excluding hydrogens is 1130 g/mol. The molecule has 1 fully saturated rings. The van der Waals surface area contributed by atoms with Crippen LogP contribution in [0.3, 0.4) is 0 Å². The number of halogens is 2. The lowest BCUT2D eigenvalue weighted by atomic mass is 10.0. The molecule has 3 aromatic carbocycles. The maximum Gasteiger partial charge on any atom is 0.316 e. The Hall–Kier alpha value is -7.16. The Morgan fingerprint density at radius 3 is 2.28 bits per heavy atom. The van der Waals surface area contributed by atoms with Crippen molar-refractivity contribution < 1.29 is 52.7 Å². The monoisotopic (exact) mass is 1200 g/mol. The van der Waals surface area contributed by atoms with Crippen LogP contribution in [-0.4, -0.2) is 165 Å². The van der Waals surface area contributed by atoms with E-state index in [1.165, 1.54) is 28.6 Å². The molecule has 9 rings (SSSR count). The summed E-state index contributed by atoms with van der Waals surface area (Å²) in [4.78, 5) is 71.3. The molecule has 3 N–H and O–H groups in total. The molecule has 23 nitrogen and oxygen atoms in total. The van der Waals surface area contributed by atoms with Crippen molar-refractivity contribution in [2.24, 2.45) is 16.9 Å². The number of aliphatic hydroxyl groups is 1. The molecule has 1 unspecified atom stereocenters. The first-order valence-electron chi connectivity index (χ1n) is 27.3. The third kappa shape index (κ3) is 15.7. The minimum Gasteiger partial charge on any atom is -0.491 e. The number of amidine groups is 1. The highest BCUT2D eigenvalue weighted by Crippen LogP contribution is 2.34. The van der Waals surface area contributed by atoms with Crippen LogP contribution in [0.4, 0.5) is 5.69 Å². The van der Waals surface area contributed by atoms with Gasteiger partial charge in [-0.05, 0) is 54.3 Å². The van der Waals surface area contributed by atoms with Crippen molar-refractivity contribution in [1.29, 1.82) is 0 Å². The number of hydrogen-bond acceptors (Lipinski definition) is 19. The van der Waals surface area contributed by atoms with Crippen molar-refractivity contribution in [3.8, 4) is 22.2 Å². The largest absolute Gasteiger partial charge is 0.491 e. The van der Waals surface area contributed by atoms with Crippen LogP contribution in [0.2, 0.25) is 10.0 Å². The second-order valence-electron chi connectivity index (χ2n) is 20.3. The number of nitrogens with one attached hydrogen (secondary N) is 2.